The lowest BCUT2D eigenvalue weighted by Crippen LogP contribution is -2.32. The molecule has 1 aliphatic heterocycles. The van der Waals surface area contributed by atoms with E-state index in [1.807, 2.05) is 25.2 Å². The van der Waals surface area contributed by atoms with E-state index in [2.05, 4.69) is 30.9 Å². The highest BCUT2D eigenvalue weighted by Gasteiger charge is 2.16. The number of benzene rings is 1. The van der Waals surface area contributed by atoms with E-state index < -0.39 is 0 Å². The number of likely N-dealkylation sites (N-methyl/N-ethyl adjacent to an activating group) is 1. The summed E-state index contributed by atoms with van der Waals surface area (Å²) < 4.78 is 0.832. The number of nitrogens with two attached hydrogens (primary N) is 1. The van der Waals surface area contributed by atoms with E-state index in [1.54, 1.807) is 0 Å². The molecule has 1 heterocycles. The van der Waals surface area contributed by atoms with Crippen molar-refractivity contribution in [2.24, 2.45) is 10.9 Å². The van der Waals surface area contributed by atoms with Crippen molar-refractivity contribution in [3.63, 3.8) is 0 Å². The van der Waals surface area contributed by atoms with Gasteiger partial charge in [-0.3, -0.25) is 0 Å². The predicted octanol–water partition coefficient (Wildman–Crippen LogP) is 2.08. The molecule has 0 amide bonds. The molecule has 0 aromatic heterocycles. The standard InChI is InChI=1S/C14H21BrN4O/c1-18(9-10-19-7-2-3-8-19)12-6-4-5-11(15)13(12)14(16)17-20/h4-6,20H,2-3,7-10H2,1H3,(H2,16,17). The van der Waals surface area contributed by atoms with Crippen LogP contribution in [-0.4, -0.2) is 49.2 Å². The van der Waals surface area contributed by atoms with E-state index in [0.29, 0.717) is 0 Å². The Hall–Kier alpha value is -1.27. The van der Waals surface area contributed by atoms with E-state index in [1.165, 1.54) is 25.9 Å². The lowest BCUT2D eigenvalue weighted by atomic mass is 10.1. The van der Waals surface area contributed by atoms with Gasteiger partial charge < -0.3 is 20.7 Å². The fourth-order valence-electron chi connectivity index (χ4n) is 2.55. The van der Waals surface area contributed by atoms with Gasteiger partial charge in [0, 0.05) is 30.3 Å². The molecule has 1 aromatic carbocycles. The van der Waals surface area contributed by atoms with Crippen molar-refractivity contribution in [2.75, 3.05) is 38.1 Å². The first kappa shape index (κ1) is 15.1. The van der Waals surface area contributed by atoms with Crippen molar-refractivity contribution in [1.29, 1.82) is 0 Å². The molecule has 110 valence electrons. The second-order valence-electron chi connectivity index (χ2n) is 5.09. The first-order valence-electron chi connectivity index (χ1n) is 6.83. The van der Waals surface area contributed by atoms with Crippen LogP contribution in [0.3, 0.4) is 0 Å². The highest BCUT2D eigenvalue weighted by molar-refractivity contribution is 9.10. The molecule has 3 N–H and O–H groups in total. The van der Waals surface area contributed by atoms with Crippen LogP contribution in [0, 0.1) is 0 Å². The molecule has 0 spiro atoms. The fourth-order valence-corrected chi connectivity index (χ4v) is 3.11. The van der Waals surface area contributed by atoms with Gasteiger partial charge >= 0.3 is 0 Å². The Morgan fingerprint density at radius 2 is 2.15 bits per heavy atom. The van der Waals surface area contributed by atoms with Crippen molar-refractivity contribution in [3.8, 4) is 0 Å². The van der Waals surface area contributed by atoms with Crippen molar-refractivity contribution in [3.05, 3.63) is 28.2 Å². The fraction of sp³-hybridized carbons (Fsp3) is 0.500. The molecule has 0 radical (unpaired) electrons. The van der Waals surface area contributed by atoms with Crippen molar-refractivity contribution >= 4 is 27.5 Å². The Balaban J connectivity index is 2.12. The topological polar surface area (TPSA) is 65.1 Å². The quantitative estimate of drug-likeness (QED) is 0.372. The first-order valence-corrected chi connectivity index (χ1v) is 7.62. The zero-order valence-corrected chi connectivity index (χ0v) is 13.3. The second-order valence-corrected chi connectivity index (χ2v) is 5.94. The zero-order chi connectivity index (χ0) is 14.5. The number of likely N-dealkylation sites (tertiary alicyclic amines) is 1. The van der Waals surface area contributed by atoms with Gasteiger partial charge in [-0.2, -0.15) is 0 Å². The van der Waals surface area contributed by atoms with Gasteiger partial charge in [0.2, 0.25) is 0 Å². The highest BCUT2D eigenvalue weighted by Crippen LogP contribution is 2.27. The summed E-state index contributed by atoms with van der Waals surface area (Å²) in [7, 11) is 2.03. The molecule has 0 saturated carbocycles. The third-order valence-electron chi connectivity index (χ3n) is 3.72. The average molecular weight is 341 g/mol. The summed E-state index contributed by atoms with van der Waals surface area (Å²) in [5, 5.41) is 12.1. The molecule has 0 atom stereocenters. The third kappa shape index (κ3) is 3.43. The number of rotatable bonds is 5. The van der Waals surface area contributed by atoms with Crippen molar-refractivity contribution in [1.82, 2.24) is 4.90 Å². The second kappa shape index (κ2) is 6.95. The SMILES string of the molecule is CN(CCN1CCCC1)c1cccc(Br)c1/C(N)=N/O. The van der Waals surface area contributed by atoms with E-state index in [4.69, 9.17) is 10.9 Å². The molecular formula is C14H21BrN4O. The molecule has 2 rings (SSSR count). The maximum atomic E-state index is 8.94. The van der Waals surface area contributed by atoms with E-state index in [0.717, 1.165) is 28.8 Å². The van der Waals surface area contributed by atoms with Crippen LogP contribution in [0.2, 0.25) is 0 Å². The van der Waals surface area contributed by atoms with Gasteiger partial charge in [-0.1, -0.05) is 11.2 Å². The number of hydrogen-bond acceptors (Lipinski definition) is 4. The molecule has 20 heavy (non-hydrogen) atoms. The number of halogens is 1. The maximum Gasteiger partial charge on any atom is 0.173 e. The molecular weight excluding hydrogens is 320 g/mol. The van der Waals surface area contributed by atoms with Crippen LogP contribution in [0.4, 0.5) is 5.69 Å². The minimum absolute atomic E-state index is 0.125. The van der Waals surface area contributed by atoms with Gasteiger partial charge in [0.15, 0.2) is 5.84 Å². The van der Waals surface area contributed by atoms with Crippen LogP contribution >= 0.6 is 15.9 Å². The van der Waals surface area contributed by atoms with Gasteiger partial charge in [0.1, 0.15) is 0 Å². The van der Waals surface area contributed by atoms with Gasteiger partial charge in [-0.25, -0.2) is 0 Å². The summed E-state index contributed by atoms with van der Waals surface area (Å²) in [4.78, 5) is 4.62. The van der Waals surface area contributed by atoms with Crippen LogP contribution in [0.25, 0.3) is 0 Å². The Morgan fingerprint density at radius 1 is 1.45 bits per heavy atom. The molecule has 1 saturated heterocycles. The summed E-state index contributed by atoms with van der Waals surface area (Å²) in [6.07, 6.45) is 2.60. The Kier molecular flexibility index (Phi) is 5.25. The first-order chi connectivity index (χ1) is 9.63. The van der Waals surface area contributed by atoms with Crippen LogP contribution in [0.5, 0.6) is 0 Å². The van der Waals surface area contributed by atoms with Crippen LogP contribution in [0.1, 0.15) is 18.4 Å². The zero-order valence-electron chi connectivity index (χ0n) is 11.7. The number of amidine groups is 1. The lowest BCUT2D eigenvalue weighted by Gasteiger charge is -2.25. The number of anilines is 1. The van der Waals surface area contributed by atoms with Crippen molar-refractivity contribution < 1.29 is 5.21 Å². The molecule has 0 aliphatic carbocycles. The lowest BCUT2D eigenvalue weighted by molar-refractivity contribution is 0.318. The summed E-state index contributed by atoms with van der Waals surface area (Å²) >= 11 is 3.47. The summed E-state index contributed by atoms with van der Waals surface area (Å²) in [6, 6.07) is 5.84. The molecule has 6 heteroatoms. The minimum atomic E-state index is 0.125. The van der Waals surface area contributed by atoms with E-state index >= 15 is 0 Å². The maximum absolute atomic E-state index is 8.94. The molecule has 1 fully saturated rings. The van der Waals surface area contributed by atoms with Gasteiger partial charge in [-0.15, -0.1) is 0 Å². The highest BCUT2D eigenvalue weighted by atomic mass is 79.9. The Morgan fingerprint density at radius 3 is 2.80 bits per heavy atom. The Bertz CT molecular complexity index is 486. The van der Waals surface area contributed by atoms with Crippen LogP contribution in [0.15, 0.2) is 27.8 Å². The van der Waals surface area contributed by atoms with Crippen molar-refractivity contribution in [2.45, 2.75) is 12.8 Å². The van der Waals surface area contributed by atoms with Crippen LogP contribution < -0.4 is 10.6 Å². The smallest absolute Gasteiger partial charge is 0.173 e. The summed E-state index contributed by atoms with van der Waals surface area (Å²) in [6.45, 7) is 4.35. The van der Waals surface area contributed by atoms with Crippen LogP contribution in [-0.2, 0) is 0 Å². The van der Waals surface area contributed by atoms with Gasteiger partial charge in [-0.05, 0) is 54.0 Å². The van der Waals surface area contributed by atoms with E-state index in [9.17, 15) is 0 Å². The molecule has 0 bridgehead atoms. The number of nitrogens with zero attached hydrogens (tertiary/aromatic N) is 3. The average Bonchev–Trinajstić information content (AvgIpc) is 2.97. The minimum Gasteiger partial charge on any atom is -0.409 e. The number of hydrogen-bond donors (Lipinski definition) is 2. The molecule has 5 nitrogen and oxygen atoms in total. The summed E-state index contributed by atoms with van der Waals surface area (Å²) in [5.41, 5.74) is 7.49. The normalized spacial score (nSPS) is 16.6. The summed E-state index contributed by atoms with van der Waals surface area (Å²) in [5.74, 6) is 0.125. The van der Waals surface area contributed by atoms with Gasteiger partial charge in [0.05, 0.1) is 5.56 Å². The number of oxime groups is 1. The largest absolute Gasteiger partial charge is 0.409 e. The molecule has 1 aliphatic rings. The third-order valence-corrected chi connectivity index (χ3v) is 4.38. The Labute approximate surface area is 128 Å². The molecule has 0 unspecified atom stereocenters. The van der Waals surface area contributed by atoms with E-state index in [-0.39, 0.29) is 5.84 Å². The molecule has 1 aromatic rings. The predicted molar refractivity (Wildman–Crippen MR) is 85.6 cm³/mol. The monoisotopic (exact) mass is 340 g/mol. The van der Waals surface area contributed by atoms with Gasteiger partial charge in [0.25, 0.3) is 0 Å².